The lowest BCUT2D eigenvalue weighted by atomic mass is 10.1. The molecule has 3 amide bonds. The van der Waals surface area contributed by atoms with Crippen molar-refractivity contribution in [2.24, 2.45) is 0 Å². The normalized spacial score (nSPS) is 21.9. The summed E-state index contributed by atoms with van der Waals surface area (Å²) in [5.41, 5.74) is 0. The summed E-state index contributed by atoms with van der Waals surface area (Å²) in [5, 5.41) is 4.68. The molecule has 0 aromatic carbocycles. The molecule has 0 unspecified atom stereocenters. The number of hydrogen-bond acceptors (Lipinski definition) is 4. The van der Waals surface area contributed by atoms with E-state index in [1.54, 1.807) is 21.9 Å². The lowest BCUT2D eigenvalue weighted by molar-refractivity contribution is -0.678. The third-order valence-corrected chi connectivity index (χ3v) is 4.28. The highest BCUT2D eigenvalue weighted by Crippen LogP contribution is 2.10. The van der Waals surface area contributed by atoms with Crippen LogP contribution in [0.25, 0.3) is 0 Å². The number of rotatable bonds is 3. The van der Waals surface area contributed by atoms with E-state index in [0.29, 0.717) is 38.5 Å². The second-order valence-corrected chi connectivity index (χ2v) is 5.78. The zero-order valence-corrected chi connectivity index (χ0v) is 12.9. The number of nitrogens with two attached hydrogens (primary N) is 1. The van der Waals surface area contributed by atoms with Crippen molar-refractivity contribution in [3.8, 4) is 0 Å². The standard InChI is InChI=1S/C15H20N4O4/c20-13(10-11-14(21)17-4-3-16-11)18-5-7-19(8-6-18)15(22)12-2-1-9-23-12/h1-2,9,11,16H,3-8,10H2,(H,17,21)/p+1/t11-/m0/s1. The Morgan fingerprint density at radius 1 is 1.26 bits per heavy atom. The Morgan fingerprint density at radius 3 is 2.65 bits per heavy atom. The van der Waals surface area contributed by atoms with Crippen molar-refractivity contribution >= 4 is 17.7 Å². The van der Waals surface area contributed by atoms with E-state index in [9.17, 15) is 14.4 Å². The van der Waals surface area contributed by atoms with Gasteiger partial charge in [-0.05, 0) is 12.1 Å². The lowest BCUT2D eigenvalue weighted by Crippen LogP contribution is -2.96. The first kappa shape index (κ1) is 15.5. The van der Waals surface area contributed by atoms with Crippen molar-refractivity contribution in [2.75, 3.05) is 39.3 Å². The molecule has 0 radical (unpaired) electrons. The predicted octanol–water partition coefficient (Wildman–Crippen LogP) is -1.98. The van der Waals surface area contributed by atoms with Crippen LogP contribution in [0.5, 0.6) is 0 Å². The van der Waals surface area contributed by atoms with Crippen LogP contribution in [0.15, 0.2) is 22.8 Å². The average molecular weight is 321 g/mol. The summed E-state index contributed by atoms with van der Waals surface area (Å²) in [7, 11) is 0. The van der Waals surface area contributed by atoms with Crippen LogP contribution in [0.1, 0.15) is 17.0 Å². The van der Waals surface area contributed by atoms with Crippen LogP contribution in [0.3, 0.4) is 0 Å². The highest BCUT2D eigenvalue weighted by Gasteiger charge is 2.32. The zero-order valence-electron chi connectivity index (χ0n) is 12.9. The lowest BCUT2D eigenvalue weighted by Gasteiger charge is -2.35. The first-order valence-corrected chi connectivity index (χ1v) is 7.87. The van der Waals surface area contributed by atoms with Gasteiger partial charge in [0.1, 0.15) is 0 Å². The van der Waals surface area contributed by atoms with E-state index in [1.807, 2.05) is 5.32 Å². The molecule has 0 spiro atoms. The molecule has 0 bridgehead atoms. The van der Waals surface area contributed by atoms with E-state index in [2.05, 4.69) is 5.32 Å². The summed E-state index contributed by atoms with van der Waals surface area (Å²) < 4.78 is 5.11. The fourth-order valence-corrected chi connectivity index (χ4v) is 2.93. The van der Waals surface area contributed by atoms with Crippen molar-refractivity contribution in [3.05, 3.63) is 24.2 Å². The molecule has 8 nitrogen and oxygen atoms in total. The van der Waals surface area contributed by atoms with Gasteiger partial charge < -0.3 is 24.9 Å². The number of quaternary nitrogens is 1. The van der Waals surface area contributed by atoms with E-state index < -0.39 is 0 Å². The Hall–Kier alpha value is -2.35. The molecule has 8 heteroatoms. The zero-order chi connectivity index (χ0) is 16.2. The van der Waals surface area contributed by atoms with E-state index in [4.69, 9.17) is 4.42 Å². The Bertz CT molecular complexity index is 578. The maximum Gasteiger partial charge on any atom is 0.289 e. The van der Waals surface area contributed by atoms with Crippen molar-refractivity contribution < 1.29 is 24.1 Å². The molecule has 1 atom stereocenters. The molecule has 0 aliphatic carbocycles. The number of amides is 3. The number of carbonyl (C=O) groups is 3. The second kappa shape index (κ2) is 6.82. The molecule has 3 heterocycles. The smallest absolute Gasteiger partial charge is 0.289 e. The highest BCUT2D eigenvalue weighted by molar-refractivity contribution is 5.92. The number of piperazine rings is 2. The van der Waals surface area contributed by atoms with Crippen molar-refractivity contribution in [1.29, 1.82) is 0 Å². The molecular weight excluding hydrogens is 300 g/mol. The predicted molar refractivity (Wildman–Crippen MR) is 79.4 cm³/mol. The molecule has 23 heavy (non-hydrogen) atoms. The number of nitrogens with one attached hydrogen (secondary N) is 1. The Labute approximate surface area is 133 Å². The van der Waals surface area contributed by atoms with Crippen LogP contribution in [0.4, 0.5) is 0 Å². The van der Waals surface area contributed by atoms with Gasteiger partial charge >= 0.3 is 0 Å². The molecule has 2 saturated heterocycles. The Kier molecular flexibility index (Phi) is 4.61. The maximum absolute atomic E-state index is 12.3. The second-order valence-electron chi connectivity index (χ2n) is 5.78. The molecule has 1 aromatic rings. The van der Waals surface area contributed by atoms with Gasteiger partial charge in [0.25, 0.3) is 11.8 Å². The van der Waals surface area contributed by atoms with Gasteiger partial charge in [0.15, 0.2) is 11.8 Å². The summed E-state index contributed by atoms with van der Waals surface area (Å²) in [6.45, 7) is 3.38. The fourth-order valence-electron chi connectivity index (χ4n) is 2.93. The maximum atomic E-state index is 12.3. The minimum absolute atomic E-state index is 0.0339. The topological polar surface area (TPSA) is 99.5 Å². The minimum Gasteiger partial charge on any atom is -0.459 e. The van der Waals surface area contributed by atoms with Gasteiger partial charge in [-0.2, -0.15) is 0 Å². The van der Waals surface area contributed by atoms with Crippen LogP contribution in [-0.4, -0.2) is 72.8 Å². The number of carbonyl (C=O) groups excluding carboxylic acids is 3. The molecule has 3 rings (SSSR count). The Morgan fingerprint density at radius 2 is 2.00 bits per heavy atom. The summed E-state index contributed by atoms with van der Waals surface area (Å²) in [5.74, 6) is 0.0602. The van der Waals surface area contributed by atoms with Crippen LogP contribution >= 0.6 is 0 Å². The fraction of sp³-hybridized carbons (Fsp3) is 0.533. The molecular formula is C15H21N4O4+. The average Bonchev–Trinajstić information content (AvgIpc) is 3.11. The number of furan rings is 1. The van der Waals surface area contributed by atoms with Gasteiger partial charge in [0, 0.05) is 26.2 Å². The minimum atomic E-state index is -0.334. The molecule has 2 aliphatic heterocycles. The summed E-state index contributed by atoms with van der Waals surface area (Å²) in [6, 6.07) is 2.98. The number of hydrogen-bond donors (Lipinski definition) is 2. The van der Waals surface area contributed by atoms with E-state index >= 15 is 0 Å². The van der Waals surface area contributed by atoms with Crippen molar-refractivity contribution in [1.82, 2.24) is 15.1 Å². The van der Waals surface area contributed by atoms with Gasteiger partial charge in [-0.3, -0.25) is 14.4 Å². The first-order valence-electron chi connectivity index (χ1n) is 7.87. The highest BCUT2D eigenvalue weighted by atomic mass is 16.3. The summed E-state index contributed by atoms with van der Waals surface area (Å²) >= 11 is 0. The van der Waals surface area contributed by atoms with Crippen LogP contribution in [-0.2, 0) is 9.59 Å². The van der Waals surface area contributed by atoms with E-state index in [-0.39, 0.29) is 30.2 Å². The SMILES string of the molecule is O=C1NCC[NH2+][C@H]1CC(=O)N1CCN(C(=O)c2ccco2)CC1. The quantitative estimate of drug-likeness (QED) is 0.674. The van der Waals surface area contributed by atoms with Gasteiger partial charge in [0.2, 0.25) is 5.91 Å². The molecule has 2 fully saturated rings. The largest absolute Gasteiger partial charge is 0.459 e. The van der Waals surface area contributed by atoms with Crippen molar-refractivity contribution in [3.63, 3.8) is 0 Å². The molecule has 124 valence electrons. The first-order chi connectivity index (χ1) is 11.1. The van der Waals surface area contributed by atoms with Crippen LogP contribution < -0.4 is 10.6 Å². The number of nitrogens with zero attached hydrogens (tertiary/aromatic N) is 2. The van der Waals surface area contributed by atoms with Gasteiger partial charge in [-0.1, -0.05) is 0 Å². The van der Waals surface area contributed by atoms with Crippen LogP contribution in [0.2, 0.25) is 0 Å². The van der Waals surface area contributed by atoms with Gasteiger partial charge in [-0.15, -0.1) is 0 Å². The molecule has 1 aromatic heterocycles. The van der Waals surface area contributed by atoms with Crippen molar-refractivity contribution in [2.45, 2.75) is 12.5 Å². The molecule has 3 N–H and O–H groups in total. The Balaban J connectivity index is 1.49. The third kappa shape index (κ3) is 3.53. The monoisotopic (exact) mass is 321 g/mol. The van der Waals surface area contributed by atoms with Gasteiger partial charge in [0.05, 0.1) is 25.8 Å². The summed E-state index contributed by atoms with van der Waals surface area (Å²) in [6.07, 6.45) is 1.68. The molecule has 2 aliphatic rings. The van der Waals surface area contributed by atoms with Crippen LogP contribution in [0, 0.1) is 0 Å². The van der Waals surface area contributed by atoms with E-state index in [1.165, 1.54) is 6.26 Å². The van der Waals surface area contributed by atoms with E-state index in [0.717, 1.165) is 6.54 Å². The molecule has 0 saturated carbocycles. The van der Waals surface area contributed by atoms with Gasteiger partial charge in [-0.25, -0.2) is 0 Å². The summed E-state index contributed by atoms with van der Waals surface area (Å²) in [4.78, 5) is 39.6. The third-order valence-electron chi connectivity index (χ3n) is 4.28.